The van der Waals surface area contributed by atoms with Crippen LogP contribution in [0.4, 0.5) is 10.6 Å². The molecule has 0 aliphatic carbocycles. The van der Waals surface area contributed by atoms with Crippen molar-refractivity contribution in [2.45, 2.75) is 83.6 Å². The van der Waals surface area contributed by atoms with Crippen molar-refractivity contribution in [2.75, 3.05) is 44.7 Å². The molecule has 1 aromatic rings. The van der Waals surface area contributed by atoms with Gasteiger partial charge in [0.25, 0.3) is 0 Å². The summed E-state index contributed by atoms with van der Waals surface area (Å²) in [5.41, 5.74) is 1.37. The Morgan fingerprint density at radius 2 is 1.88 bits per heavy atom. The first-order valence-corrected chi connectivity index (χ1v) is 12.3. The molecule has 2 fully saturated rings. The van der Waals surface area contributed by atoms with Gasteiger partial charge in [0.05, 0.1) is 18.3 Å². The van der Waals surface area contributed by atoms with E-state index in [4.69, 9.17) is 19.4 Å². The van der Waals surface area contributed by atoms with Gasteiger partial charge in [-0.2, -0.15) is 9.97 Å². The van der Waals surface area contributed by atoms with Crippen LogP contribution in [0.2, 0.25) is 0 Å². The van der Waals surface area contributed by atoms with Gasteiger partial charge < -0.3 is 29.3 Å². The lowest BCUT2D eigenvalue weighted by atomic mass is 10.1. The molecule has 0 radical (unpaired) electrons. The van der Waals surface area contributed by atoms with E-state index in [2.05, 4.69) is 16.8 Å². The largest absolute Gasteiger partial charge is 0.462 e. The molecular weight excluding hydrogens is 422 g/mol. The molecule has 1 unspecified atom stereocenters. The molecular formula is C24H39N5O4. The number of amides is 1. The zero-order chi connectivity index (χ0) is 23.6. The number of hydrogen-bond acceptors (Lipinski definition) is 8. The normalized spacial score (nSPS) is 24.4. The Kier molecular flexibility index (Phi) is 7.28. The van der Waals surface area contributed by atoms with Gasteiger partial charge in [-0.15, -0.1) is 0 Å². The zero-order valence-electron chi connectivity index (χ0n) is 20.5. The monoisotopic (exact) mass is 461 g/mol. The van der Waals surface area contributed by atoms with E-state index in [1.807, 2.05) is 20.8 Å². The van der Waals surface area contributed by atoms with Crippen LogP contribution in [-0.4, -0.2) is 88.5 Å². The Morgan fingerprint density at radius 3 is 2.61 bits per heavy atom. The second-order valence-corrected chi connectivity index (χ2v) is 10.6. The fourth-order valence-electron chi connectivity index (χ4n) is 4.85. The summed E-state index contributed by atoms with van der Waals surface area (Å²) in [6.07, 6.45) is 4.86. The molecule has 1 amide bonds. The number of carbonyl (C=O) groups excluding carboxylic acids is 1. The molecule has 3 aliphatic heterocycles. The minimum absolute atomic E-state index is 0.260. The number of likely N-dealkylation sites (N-methyl/N-ethyl adjacent to an activating group) is 1. The Balaban J connectivity index is 1.57. The number of nitrogens with zero attached hydrogens (tertiary/aromatic N) is 5. The maximum atomic E-state index is 12.7. The Hall–Kier alpha value is -2.13. The van der Waals surface area contributed by atoms with Gasteiger partial charge in [-0.05, 0) is 72.9 Å². The van der Waals surface area contributed by atoms with Crippen molar-refractivity contribution in [3.63, 3.8) is 0 Å². The van der Waals surface area contributed by atoms with E-state index in [1.165, 1.54) is 6.42 Å². The summed E-state index contributed by atoms with van der Waals surface area (Å²) in [5, 5.41) is 10.1. The van der Waals surface area contributed by atoms with Gasteiger partial charge in [-0.25, -0.2) is 4.79 Å². The van der Waals surface area contributed by atoms with Crippen LogP contribution < -0.4 is 9.64 Å². The summed E-state index contributed by atoms with van der Waals surface area (Å²) < 4.78 is 11.7. The average Bonchev–Trinajstić information content (AvgIpc) is 3.04. The molecule has 2 atom stereocenters. The van der Waals surface area contributed by atoms with E-state index in [0.717, 1.165) is 62.4 Å². The van der Waals surface area contributed by atoms with Gasteiger partial charge in [0, 0.05) is 31.2 Å². The molecule has 184 valence electrons. The summed E-state index contributed by atoms with van der Waals surface area (Å²) >= 11 is 0. The molecule has 4 rings (SSSR count). The summed E-state index contributed by atoms with van der Waals surface area (Å²) in [5.74, 6) is 0.896. The van der Waals surface area contributed by atoms with Crippen molar-refractivity contribution >= 4 is 11.9 Å². The number of rotatable bonds is 4. The van der Waals surface area contributed by atoms with Gasteiger partial charge >= 0.3 is 12.1 Å². The highest BCUT2D eigenvalue weighted by atomic mass is 16.6. The highest BCUT2D eigenvalue weighted by Gasteiger charge is 2.31. The number of hydrogen-bond donors (Lipinski definition) is 1. The molecule has 0 aromatic carbocycles. The lowest BCUT2D eigenvalue weighted by molar-refractivity contribution is 0.0220. The molecule has 0 spiro atoms. The molecule has 0 bridgehead atoms. The number of fused-ring (bicyclic) bond motifs is 1. The highest BCUT2D eigenvalue weighted by molar-refractivity contribution is 5.69. The zero-order valence-corrected chi connectivity index (χ0v) is 20.5. The second kappa shape index (κ2) is 10.0. The van der Waals surface area contributed by atoms with E-state index >= 15 is 0 Å². The first-order valence-electron chi connectivity index (χ1n) is 12.3. The number of carbonyl (C=O) groups is 1. The molecule has 3 aliphatic rings. The second-order valence-electron chi connectivity index (χ2n) is 10.6. The van der Waals surface area contributed by atoms with Crippen LogP contribution in [0.25, 0.3) is 0 Å². The van der Waals surface area contributed by atoms with Crippen molar-refractivity contribution in [3.8, 4) is 6.01 Å². The predicted octanol–water partition coefficient (Wildman–Crippen LogP) is 2.59. The van der Waals surface area contributed by atoms with Crippen molar-refractivity contribution in [1.29, 1.82) is 0 Å². The number of ether oxygens (including phenoxy) is 2. The van der Waals surface area contributed by atoms with Crippen molar-refractivity contribution in [3.05, 3.63) is 11.3 Å². The molecule has 1 N–H and O–H groups in total. The van der Waals surface area contributed by atoms with Crippen molar-refractivity contribution in [1.82, 2.24) is 19.8 Å². The van der Waals surface area contributed by atoms with E-state index in [0.29, 0.717) is 38.2 Å². The Bertz CT molecular complexity index is 843. The number of likely N-dealkylation sites (tertiary alicyclic amines) is 1. The van der Waals surface area contributed by atoms with Crippen molar-refractivity contribution in [2.24, 2.45) is 0 Å². The maximum absolute atomic E-state index is 12.7. The molecule has 4 heterocycles. The Morgan fingerprint density at radius 1 is 1.09 bits per heavy atom. The molecule has 2 saturated heterocycles. The number of aliphatic hydroxyl groups is 1. The standard InChI is InChI=1S/C24H39N5O4/c1-24(2,3)33-23(31)29-14-10-19-20(15-29)25-22(32-16-17-7-5-11-27(17)4)26-21(19)28-12-6-8-18(30)9-13-28/h17-18,30H,5-16H2,1-4H3/t17-,18?/m0/s1. The molecule has 9 heteroatoms. The van der Waals surface area contributed by atoms with E-state index < -0.39 is 5.60 Å². The third-order valence-electron chi connectivity index (χ3n) is 6.75. The van der Waals surface area contributed by atoms with Crippen LogP contribution in [0.15, 0.2) is 0 Å². The number of aromatic nitrogens is 2. The van der Waals surface area contributed by atoms with E-state index in [1.54, 1.807) is 4.90 Å². The van der Waals surface area contributed by atoms with E-state index in [9.17, 15) is 9.90 Å². The minimum atomic E-state index is -0.539. The van der Waals surface area contributed by atoms with Crippen LogP contribution >= 0.6 is 0 Å². The predicted molar refractivity (Wildman–Crippen MR) is 126 cm³/mol. The first kappa shape index (κ1) is 24.0. The maximum Gasteiger partial charge on any atom is 0.410 e. The average molecular weight is 462 g/mol. The fraction of sp³-hybridized carbons (Fsp3) is 0.792. The quantitative estimate of drug-likeness (QED) is 0.732. The summed E-state index contributed by atoms with van der Waals surface area (Å²) in [6, 6.07) is 0.750. The van der Waals surface area contributed by atoms with Crippen LogP contribution in [-0.2, 0) is 17.7 Å². The van der Waals surface area contributed by atoms with Crippen LogP contribution in [0.1, 0.15) is 64.1 Å². The van der Waals surface area contributed by atoms with Crippen LogP contribution in [0.5, 0.6) is 6.01 Å². The summed E-state index contributed by atoms with van der Waals surface area (Å²) in [6.45, 7) is 9.84. The lowest BCUT2D eigenvalue weighted by Crippen LogP contribution is -2.41. The van der Waals surface area contributed by atoms with Crippen LogP contribution in [0.3, 0.4) is 0 Å². The third-order valence-corrected chi connectivity index (χ3v) is 6.75. The van der Waals surface area contributed by atoms with Gasteiger partial charge in [0.2, 0.25) is 0 Å². The number of aliphatic hydroxyl groups excluding tert-OH is 1. The van der Waals surface area contributed by atoms with Crippen molar-refractivity contribution < 1.29 is 19.4 Å². The highest BCUT2D eigenvalue weighted by Crippen LogP contribution is 2.31. The number of anilines is 1. The van der Waals surface area contributed by atoms with Crippen LogP contribution in [0, 0.1) is 0 Å². The Labute approximate surface area is 197 Å². The summed E-state index contributed by atoms with van der Waals surface area (Å²) in [4.78, 5) is 28.6. The topological polar surface area (TPSA) is 91.3 Å². The smallest absolute Gasteiger partial charge is 0.410 e. The van der Waals surface area contributed by atoms with E-state index in [-0.39, 0.29) is 12.2 Å². The van der Waals surface area contributed by atoms with Gasteiger partial charge in [-0.1, -0.05) is 0 Å². The molecule has 9 nitrogen and oxygen atoms in total. The minimum Gasteiger partial charge on any atom is -0.462 e. The van der Waals surface area contributed by atoms with Gasteiger partial charge in [0.1, 0.15) is 18.0 Å². The van der Waals surface area contributed by atoms with Gasteiger partial charge in [0.15, 0.2) is 0 Å². The summed E-state index contributed by atoms with van der Waals surface area (Å²) in [7, 11) is 2.13. The lowest BCUT2D eigenvalue weighted by Gasteiger charge is -2.33. The SMILES string of the molecule is CN1CCC[C@H]1COc1nc2c(c(N3CCCC(O)CC3)n1)CCN(C(=O)OC(C)(C)C)C2. The molecule has 1 aromatic heterocycles. The fourth-order valence-corrected chi connectivity index (χ4v) is 4.85. The van der Waals surface area contributed by atoms with Gasteiger partial charge in [-0.3, -0.25) is 0 Å². The first-order chi connectivity index (χ1) is 15.7. The molecule has 0 saturated carbocycles. The molecule has 33 heavy (non-hydrogen) atoms. The third kappa shape index (κ3) is 6.06.